The number of hydrogen-bond acceptors (Lipinski definition) is 2. The fraction of sp³-hybridized carbons (Fsp3) is 0.389. The molecule has 2 aromatic carbocycles. The Morgan fingerprint density at radius 1 is 1.19 bits per heavy atom. The molecule has 0 spiro atoms. The summed E-state index contributed by atoms with van der Waals surface area (Å²) in [6.07, 6.45) is 2.11. The molecule has 0 aliphatic carbocycles. The lowest BCUT2D eigenvalue weighted by molar-refractivity contribution is -0.122. The molecule has 2 aromatic rings. The summed E-state index contributed by atoms with van der Waals surface area (Å²) in [4.78, 5) is 12.1. The number of carbonyl (C=O) groups is 1. The van der Waals surface area contributed by atoms with Crippen molar-refractivity contribution in [3.05, 3.63) is 42.0 Å². The van der Waals surface area contributed by atoms with Gasteiger partial charge in [0.25, 0.3) is 0 Å². The van der Waals surface area contributed by atoms with Gasteiger partial charge in [0.15, 0.2) is 0 Å². The Morgan fingerprint density at radius 2 is 1.90 bits per heavy atom. The van der Waals surface area contributed by atoms with Crippen molar-refractivity contribution in [3.63, 3.8) is 0 Å². The summed E-state index contributed by atoms with van der Waals surface area (Å²) in [5.41, 5.74) is 1.04. The van der Waals surface area contributed by atoms with E-state index in [4.69, 9.17) is 4.74 Å². The van der Waals surface area contributed by atoms with E-state index in [1.54, 1.807) is 7.11 Å². The standard InChI is InChI=1S/C18H23NO2/c1-4-5-10-19-18(20)13(2)14-6-7-16-12-17(21-3)9-8-15(16)11-14/h6-9,11-13H,4-5,10H2,1-3H3,(H,19,20). The van der Waals surface area contributed by atoms with E-state index in [0.717, 1.165) is 41.5 Å². The fourth-order valence-corrected chi connectivity index (χ4v) is 2.33. The van der Waals surface area contributed by atoms with Gasteiger partial charge in [0.2, 0.25) is 5.91 Å². The molecule has 0 aliphatic heterocycles. The molecule has 0 aromatic heterocycles. The maximum Gasteiger partial charge on any atom is 0.227 e. The summed E-state index contributed by atoms with van der Waals surface area (Å²) in [5, 5.41) is 5.24. The highest BCUT2D eigenvalue weighted by molar-refractivity contribution is 5.88. The maximum absolute atomic E-state index is 12.1. The van der Waals surface area contributed by atoms with Crippen LogP contribution in [-0.4, -0.2) is 19.6 Å². The normalized spacial score (nSPS) is 12.1. The summed E-state index contributed by atoms with van der Waals surface area (Å²) in [5.74, 6) is 0.810. The van der Waals surface area contributed by atoms with E-state index in [0.29, 0.717) is 0 Å². The third-order valence-corrected chi connectivity index (χ3v) is 3.79. The van der Waals surface area contributed by atoms with Crippen molar-refractivity contribution in [2.24, 2.45) is 0 Å². The topological polar surface area (TPSA) is 38.3 Å². The molecule has 0 heterocycles. The van der Waals surface area contributed by atoms with Crippen LogP contribution >= 0.6 is 0 Å². The van der Waals surface area contributed by atoms with Crippen molar-refractivity contribution in [1.82, 2.24) is 5.32 Å². The SMILES string of the molecule is CCCCNC(=O)C(C)c1ccc2cc(OC)ccc2c1. The molecule has 0 fully saturated rings. The van der Waals surface area contributed by atoms with Crippen LogP contribution in [0.4, 0.5) is 0 Å². The molecule has 0 radical (unpaired) electrons. The number of unbranched alkanes of at least 4 members (excludes halogenated alkanes) is 1. The molecule has 1 N–H and O–H groups in total. The van der Waals surface area contributed by atoms with E-state index in [2.05, 4.69) is 18.3 Å². The van der Waals surface area contributed by atoms with Crippen LogP contribution in [0.5, 0.6) is 5.75 Å². The summed E-state index contributed by atoms with van der Waals surface area (Å²) < 4.78 is 5.23. The van der Waals surface area contributed by atoms with Gasteiger partial charge in [0.1, 0.15) is 5.75 Å². The van der Waals surface area contributed by atoms with Gasteiger partial charge < -0.3 is 10.1 Å². The Kier molecular flexibility index (Phi) is 5.20. The minimum absolute atomic E-state index is 0.0938. The number of ether oxygens (including phenoxy) is 1. The molecule has 1 amide bonds. The van der Waals surface area contributed by atoms with E-state index in [1.807, 2.05) is 37.3 Å². The van der Waals surface area contributed by atoms with E-state index < -0.39 is 0 Å². The second-order valence-electron chi connectivity index (χ2n) is 5.34. The zero-order chi connectivity index (χ0) is 15.2. The first-order chi connectivity index (χ1) is 10.2. The number of methoxy groups -OCH3 is 1. The van der Waals surface area contributed by atoms with Crippen LogP contribution in [0.25, 0.3) is 10.8 Å². The molecule has 21 heavy (non-hydrogen) atoms. The molecule has 1 unspecified atom stereocenters. The predicted octanol–water partition coefficient (Wildman–Crippen LogP) is 3.87. The van der Waals surface area contributed by atoms with Crippen molar-refractivity contribution in [2.45, 2.75) is 32.6 Å². The van der Waals surface area contributed by atoms with Gasteiger partial charge in [0, 0.05) is 6.54 Å². The fourth-order valence-electron chi connectivity index (χ4n) is 2.33. The van der Waals surface area contributed by atoms with Gasteiger partial charge in [-0.15, -0.1) is 0 Å². The molecule has 1 atom stereocenters. The monoisotopic (exact) mass is 285 g/mol. The Balaban J connectivity index is 2.16. The predicted molar refractivity (Wildman–Crippen MR) is 86.8 cm³/mol. The number of carbonyl (C=O) groups excluding carboxylic acids is 1. The van der Waals surface area contributed by atoms with Crippen molar-refractivity contribution in [1.29, 1.82) is 0 Å². The van der Waals surface area contributed by atoms with Crippen LogP contribution in [0.3, 0.4) is 0 Å². The summed E-state index contributed by atoms with van der Waals surface area (Å²) in [7, 11) is 1.66. The quantitative estimate of drug-likeness (QED) is 0.818. The Labute approximate surface area is 126 Å². The van der Waals surface area contributed by atoms with Crippen molar-refractivity contribution in [3.8, 4) is 5.75 Å². The first-order valence-corrected chi connectivity index (χ1v) is 7.51. The zero-order valence-corrected chi connectivity index (χ0v) is 13.0. The van der Waals surface area contributed by atoms with Crippen LogP contribution in [0, 0.1) is 0 Å². The lowest BCUT2D eigenvalue weighted by Gasteiger charge is -2.13. The third kappa shape index (κ3) is 3.75. The number of fused-ring (bicyclic) bond motifs is 1. The van der Waals surface area contributed by atoms with E-state index in [1.165, 1.54) is 0 Å². The molecule has 3 heteroatoms. The Hall–Kier alpha value is -2.03. The van der Waals surface area contributed by atoms with Gasteiger partial charge in [-0.1, -0.05) is 37.6 Å². The number of amides is 1. The highest BCUT2D eigenvalue weighted by Gasteiger charge is 2.14. The number of rotatable bonds is 6. The average molecular weight is 285 g/mol. The smallest absolute Gasteiger partial charge is 0.227 e. The first-order valence-electron chi connectivity index (χ1n) is 7.51. The molecule has 0 bridgehead atoms. The largest absolute Gasteiger partial charge is 0.497 e. The summed E-state index contributed by atoms with van der Waals surface area (Å²) >= 11 is 0. The summed E-state index contributed by atoms with van der Waals surface area (Å²) in [6.45, 7) is 4.82. The van der Waals surface area contributed by atoms with Crippen LogP contribution in [0.1, 0.15) is 38.2 Å². The van der Waals surface area contributed by atoms with Crippen molar-refractivity contribution in [2.75, 3.05) is 13.7 Å². The minimum Gasteiger partial charge on any atom is -0.497 e. The molecule has 0 saturated heterocycles. The van der Waals surface area contributed by atoms with Gasteiger partial charge in [-0.05, 0) is 41.8 Å². The minimum atomic E-state index is -0.131. The van der Waals surface area contributed by atoms with E-state index in [-0.39, 0.29) is 11.8 Å². The first kappa shape index (κ1) is 15.4. The van der Waals surface area contributed by atoms with Gasteiger partial charge in [-0.2, -0.15) is 0 Å². The second-order valence-corrected chi connectivity index (χ2v) is 5.34. The maximum atomic E-state index is 12.1. The molecular weight excluding hydrogens is 262 g/mol. The van der Waals surface area contributed by atoms with Crippen LogP contribution in [0.15, 0.2) is 36.4 Å². The molecule has 3 nitrogen and oxygen atoms in total. The van der Waals surface area contributed by atoms with Crippen LogP contribution < -0.4 is 10.1 Å². The van der Waals surface area contributed by atoms with Gasteiger partial charge in [-0.25, -0.2) is 0 Å². The van der Waals surface area contributed by atoms with Gasteiger partial charge >= 0.3 is 0 Å². The van der Waals surface area contributed by atoms with Crippen molar-refractivity contribution >= 4 is 16.7 Å². The van der Waals surface area contributed by atoms with Gasteiger partial charge in [0.05, 0.1) is 13.0 Å². The zero-order valence-electron chi connectivity index (χ0n) is 13.0. The molecular formula is C18H23NO2. The van der Waals surface area contributed by atoms with Crippen LogP contribution in [0.2, 0.25) is 0 Å². The highest BCUT2D eigenvalue weighted by atomic mass is 16.5. The molecule has 0 saturated carbocycles. The molecule has 112 valence electrons. The highest BCUT2D eigenvalue weighted by Crippen LogP contribution is 2.25. The van der Waals surface area contributed by atoms with Crippen LogP contribution in [-0.2, 0) is 4.79 Å². The van der Waals surface area contributed by atoms with Crippen molar-refractivity contribution < 1.29 is 9.53 Å². The summed E-state index contributed by atoms with van der Waals surface area (Å²) in [6, 6.07) is 12.1. The molecule has 0 aliphatic rings. The third-order valence-electron chi connectivity index (χ3n) is 3.79. The number of benzene rings is 2. The average Bonchev–Trinajstić information content (AvgIpc) is 2.53. The van der Waals surface area contributed by atoms with Gasteiger partial charge in [-0.3, -0.25) is 4.79 Å². The number of hydrogen-bond donors (Lipinski definition) is 1. The van der Waals surface area contributed by atoms with E-state index >= 15 is 0 Å². The lowest BCUT2D eigenvalue weighted by atomic mass is 9.97. The number of nitrogens with one attached hydrogen (secondary N) is 1. The Morgan fingerprint density at radius 3 is 2.62 bits per heavy atom. The lowest BCUT2D eigenvalue weighted by Crippen LogP contribution is -2.28. The van der Waals surface area contributed by atoms with E-state index in [9.17, 15) is 4.79 Å². The molecule has 2 rings (SSSR count). The second kappa shape index (κ2) is 7.11. The Bertz CT molecular complexity index is 622.